The first-order chi connectivity index (χ1) is 9.47. The molecule has 4 N–H and O–H groups in total. The van der Waals surface area contributed by atoms with Crippen molar-refractivity contribution in [2.45, 2.75) is 6.54 Å². The molecule has 2 aromatic carbocycles. The summed E-state index contributed by atoms with van der Waals surface area (Å²) in [7, 11) is 0. The Labute approximate surface area is 120 Å². The van der Waals surface area contributed by atoms with Gasteiger partial charge in [0.25, 0.3) is 0 Å². The van der Waals surface area contributed by atoms with Gasteiger partial charge in [0, 0.05) is 6.54 Å². The summed E-state index contributed by atoms with van der Waals surface area (Å²) in [6, 6.07) is 8.76. The van der Waals surface area contributed by atoms with Crippen molar-refractivity contribution in [3.63, 3.8) is 0 Å². The first kappa shape index (κ1) is 14.1. The minimum Gasteiger partial charge on any atom is -0.478 e. The van der Waals surface area contributed by atoms with Gasteiger partial charge in [-0.3, -0.25) is 0 Å². The van der Waals surface area contributed by atoms with Crippen molar-refractivity contribution in [3.8, 4) is 0 Å². The van der Waals surface area contributed by atoms with Crippen molar-refractivity contribution in [2.75, 3.05) is 11.1 Å². The smallest absolute Gasteiger partial charge is 0.335 e. The lowest BCUT2D eigenvalue weighted by atomic mass is 10.1. The molecule has 6 heteroatoms. The standard InChI is InChI=1S/C14H12ClFN2O2/c15-10-5-8(1-3-11(10)16)7-18-13-6-9(14(19)20)2-4-12(13)17/h1-6,18H,7,17H2,(H,19,20). The molecular formula is C14H12ClFN2O2. The summed E-state index contributed by atoms with van der Waals surface area (Å²) < 4.78 is 13.0. The molecule has 0 atom stereocenters. The lowest BCUT2D eigenvalue weighted by Crippen LogP contribution is -2.05. The van der Waals surface area contributed by atoms with Crippen molar-refractivity contribution >= 4 is 28.9 Å². The number of nitrogen functional groups attached to an aromatic ring is 1. The van der Waals surface area contributed by atoms with E-state index in [1.165, 1.54) is 30.3 Å². The molecule has 0 aliphatic rings. The highest BCUT2D eigenvalue weighted by Crippen LogP contribution is 2.22. The second-order valence-electron chi connectivity index (χ2n) is 4.21. The third-order valence-electron chi connectivity index (χ3n) is 2.77. The molecule has 2 rings (SSSR count). The summed E-state index contributed by atoms with van der Waals surface area (Å²) in [5, 5.41) is 12.0. The Bertz CT molecular complexity index is 662. The fourth-order valence-electron chi connectivity index (χ4n) is 1.69. The molecule has 0 saturated carbocycles. The molecule has 0 radical (unpaired) electrons. The van der Waals surface area contributed by atoms with Crippen molar-refractivity contribution in [3.05, 3.63) is 58.4 Å². The number of carboxylic acids is 1. The number of nitrogens with two attached hydrogens (primary N) is 1. The summed E-state index contributed by atoms with van der Waals surface area (Å²) in [4.78, 5) is 10.9. The molecule has 0 aliphatic carbocycles. The predicted molar refractivity (Wildman–Crippen MR) is 76.6 cm³/mol. The zero-order valence-corrected chi connectivity index (χ0v) is 11.1. The van der Waals surface area contributed by atoms with E-state index in [0.29, 0.717) is 17.9 Å². The molecule has 2 aromatic rings. The zero-order valence-electron chi connectivity index (χ0n) is 10.4. The van der Waals surface area contributed by atoms with Gasteiger partial charge in [-0.1, -0.05) is 17.7 Å². The molecule has 20 heavy (non-hydrogen) atoms. The van der Waals surface area contributed by atoms with E-state index < -0.39 is 11.8 Å². The molecule has 0 amide bonds. The Morgan fingerprint density at radius 3 is 2.70 bits per heavy atom. The van der Waals surface area contributed by atoms with Crippen molar-refractivity contribution in [1.29, 1.82) is 0 Å². The van der Waals surface area contributed by atoms with Crippen LogP contribution in [0.1, 0.15) is 15.9 Å². The van der Waals surface area contributed by atoms with Crippen molar-refractivity contribution in [2.24, 2.45) is 0 Å². The molecule has 0 fully saturated rings. The quantitative estimate of drug-likeness (QED) is 0.756. The first-order valence-electron chi connectivity index (χ1n) is 5.78. The number of benzene rings is 2. The van der Waals surface area contributed by atoms with Crippen LogP contribution in [0.25, 0.3) is 0 Å². The average molecular weight is 295 g/mol. The third-order valence-corrected chi connectivity index (χ3v) is 3.06. The van der Waals surface area contributed by atoms with E-state index in [4.69, 9.17) is 22.4 Å². The second kappa shape index (κ2) is 5.79. The van der Waals surface area contributed by atoms with E-state index in [1.54, 1.807) is 6.07 Å². The fourth-order valence-corrected chi connectivity index (χ4v) is 1.89. The highest BCUT2D eigenvalue weighted by atomic mass is 35.5. The van der Waals surface area contributed by atoms with E-state index in [0.717, 1.165) is 5.56 Å². The lowest BCUT2D eigenvalue weighted by Gasteiger charge is -2.10. The van der Waals surface area contributed by atoms with Gasteiger partial charge in [0.15, 0.2) is 0 Å². The van der Waals surface area contributed by atoms with Crippen LogP contribution in [0.15, 0.2) is 36.4 Å². The predicted octanol–water partition coefficient (Wildman–Crippen LogP) is 3.37. The van der Waals surface area contributed by atoms with Crippen LogP contribution in [0, 0.1) is 5.82 Å². The molecule has 0 saturated heterocycles. The normalized spacial score (nSPS) is 10.3. The highest BCUT2D eigenvalue weighted by Gasteiger charge is 2.07. The van der Waals surface area contributed by atoms with Crippen molar-refractivity contribution in [1.82, 2.24) is 0 Å². The van der Waals surface area contributed by atoms with Crippen molar-refractivity contribution < 1.29 is 14.3 Å². The zero-order chi connectivity index (χ0) is 14.7. The van der Waals surface area contributed by atoms with Crippen LogP contribution < -0.4 is 11.1 Å². The number of carboxylic acid groups (broad SMARTS) is 1. The van der Waals surface area contributed by atoms with Gasteiger partial charge in [0.05, 0.1) is 22.0 Å². The van der Waals surface area contributed by atoms with E-state index in [-0.39, 0.29) is 10.6 Å². The molecule has 0 aromatic heterocycles. The molecule has 104 valence electrons. The summed E-state index contributed by atoms with van der Waals surface area (Å²) in [5.74, 6) is -1.51. The number of rotatable bonds is 4. The number of nitrogens with one attached hydrogen (secondary N) is 1. The molecule has 4 nitrogen and oxygen atoms in total. The van der Waals surface area contributed by atoms with Crippen LogP contribution in [0.2, 0.25) is 5.02 Å². The summed E-state index contributed by atoms with van der Waals surface area (Å²) in [5.41, 5.74) is 7.60. The number of halogens is 2. The van der Waals surface area contributed by atoms with Gasteiger partial charge < -0.3 is 16.2 Å². The monoisotopic (exact) mass is 294 g/mol. The minimum absolute atomic E-state index is 0.0385. The average Bonchev–Trinajstić information content (AvgIpc) is 2.41. The number of hydrogen-bond donors (Lipinski definition) is 3. The van der Waals surface area contributed by atoms with E-state index in [1.807, 2.05) is 0 Å². The molecule has 0 aliphatic heterocycles. The molecule has 0 bridgehead atoms. The Morgan fingerprint density at radius 2 is 2.05 bits per heavy atom. The molecular weight excluding hydrogens is 283 g/mol. The maximum atomic E-state index is 13.0. The maximum absolute atomic E-state index is 13.0. The summed E-state index contributed by atoms with van der Waals surface area (Å²) in [6.45, 7) is 0.354. The fraction of sp³-hybridized carbons (Fsp3) is 0.0714. The van der Waals surface area contributed by atoms with Crippen LogP contribution in [0.5, 0.6) is 0 Å². The minimum atomic E-state index is -1.03. The largest absolute Gasteiger partial charge is 0.478 e. The SMILES string of the molecule is Nc1ccc(C(=O)O)cc1NCc1ccc(F)c(Cl)c1. The van der Waals surface area contributed by atoms with Gasteiger partial charge in [0.2, 0.25) is 0 Å². The maximum Gasteiger partial charge on any atom is 0.335 e. The van der Waals surface area contributed by atoms with Gasteiger partial charge in [-0.15, -0.1) is 0 Å². The highest BCUT2D eigenvalue weighted by molar-refractivity contribution is 6.30. The molecule has 0 heterocycles. The van der Waals surface area contributed by atoms with Crippen LogP contribution in [0.4, 0.5) is 15.8 Å². The van der Waals surface area contributed by atoms with Crippen LogP contribution in [0.3, 0.4) is 0 Å². The van der Waals surface area contributed by atoms with Gasteiger partial charge in [-0.25, -0.2) is 9.18 Å². The number of carbonyl (C=O) groups is 1. The van der Waals surface area contributed by atoms with E-state index in [2.05, 4.69) is 5.32 Å². The second-order valence-corrected chi connectivity index (χ2v) is 4.62. The van der Waals surface area contributed by atoms with Gasteiger partial charge in [-0.05, 0) is 35.9 Å². The Kier molecular flexibility index (Phi) is 4.10. The molecule has 0 spiro atoms. The third kappa shape index (κ3) is 3.19. The van der Waals surface area contributed by atoms with E-state index >= 15 is 0 Å². The topological polar surface area (TPSA) is 75.4 Å². The summed E-state index contributed by atoms with van der Waals surface area (Å²) >= 11 is 5.69. The number of aromatic carboxylic acids is 1. The van der Waals surface area contributed by atoms with Crippen LogP contribution in [-0.2, 0) is 6.54 Å². The van der Waals surface area contributed by atoms with Crippen LogP contribution in [-0.4, -0.2) is 11.1 Å². The first-order valence-corrected chi connectivity index (χ1v) is 6.16. The van der Waals surface area contributed by atoms with Crippen LogP contribution >= 0.6 is 11.6 Å². The number of anilines is 2. The molecule has 0 unspecified atom stereocenters. The Balaban J connectivity index is 2.15. The Morgan fingerprint density at radius 1 is 1.30 bits per heavy atom. The van der Waals surface area contributed by atoms with Gasteiger partial charge >= 0.3 is 5.97 Å². The summed E-state index contributed by atoms with van der Waals surface area (Å²) in [6.07, 6.45) is 0. The lowest BCUT2D eigenvalue weighted by molar-refractivity contribution is 0.0697. The Hall–Kier alpha value is -2.27. The van der Waals surface area contributed by atoms with Gasteiger partial charge in [-0.2, -0.15) is 0 Å². The van der Waals surface area contributed by atoms with Gasteiger partial charge in [0.1, 0.15) is 5.82 Å². The van der Waals surface area contributed by atoms with E-state index in [9.17, 15) is 9.18 Å². The number of hydrogen-bond acceptors (Lipinski definition) is 3.